The molecule has 1 atom stereocenters. The third-order valence-corrected chi connectivity index (χ3v) is 7.53. The van der Waals surface area contributed by atoms with Crippen LogP contribution >= 0.6 is 0 Å². The van der Waals surface area contributed by atoms with Gasteiger partial charge in [-0.2, -0.15) is 0 Å². The summed E-state index contributed by atoms with van der Waals surface area (Å²) in [5.74, 6) is 2.23. The van der Waals surface area contributed by atoms with E-state index in [9.17, 15) is 9.59 Å². The number of nitrogens with two attached hydrogens (primary N) is 1. The van der Waals surface area contributed by atoms with E-state index in [1.54, 1.807) is 0 Å². The molecule has 5 rings (SSSR count). The van der Waals surface area contributed by atoms with Crippen LogP contribution in [0.15, 0.2) is 0 Å². The van der Waals surface area contributed by atoms with Crippen molar-refractivity contribution in [2.75, 3.05) is 0 Å². The highest BCUT2D eigenvalue weighted by atomic mass is 16.2. The lowest BCUT2D eigenvalue weighted by atomic mass is 9.53. The lowest BCUT2D eigenvalue weighted by Crippen LogP contribution is -2.96. The number of quaternary nitrogens is 1. The van der Waals surface area contributed by atoms with Gasteiger partial charge in [-0.3, -0.25) is 10.1 Å². The lowest BCUT2D eigenvalue weighted by molar-refractivity contribution is -0.707. The van der Waals surface area contributed by atoms with Gasteiger partial charge in [0.05, 0.1) is 6.04 Å². The van der Waals surface area contributed by atoms with Gasteiger partial charge < -0.3 is 10.6 Å². The Hall–Kier alpha value is -1.10. The minimum atomic E-state index is -0.266. The van der Waals surface area contributed by atoms with Crippen LogP contribution in [0.2, 0.25) is 0 Å². The van der Waals surface area contributed by atoms with Crippen molar-refractivity contribution in [2.24, 2.45) is 17.8 Å². The third kappa shape index (κ3) is 4.08. The second-order valence-electron chi connectivity index (χ2n) is 9.87. The molecule has 3 amide bonds. The van der Waals surface area contributed by atoms with E-state index < -0.39 is 0 Å². The van der Waals surface area contributed by atoms with E-state index in [-0.39, 0.29) is 23.5 Å². The Morgan fingerprint density at radius 1 is 0.923 bits per heavy atom. The monoisotopic (exact) mass is 362 g/mol. The number of nitrogens with one attached hydrogen (secondary N) is 2. The fourth-order valence-electron chi connectivity index (χ4n) is 6.76. The topological polar surface area (TPSA) is 74.8 Å². The first-order valence-electron chi connectivity index (χ1n) is 11.0. The molecule has 4 N–H and O–H groups in total. The normalized spacial score (nSPS) is 37.8. The van der Waals surface area contributed by atoms with Crippen LogP contribution in [-0.4, -0.2) is 29.6 Å². The zero-order chi connectivity index (χ0) is 18.1. The van der Waals surface area contributed by atoms with E-state index in [1.807, 2.05) is 6.92 Å². The molecule has 5 heteroatoms. The van der Waals surface area contributed by atoms with Crippen molar-refractivity contribution in [2.45, 2.75) is 102 Å². The van der Waals surface area contributed by atoms with Gasteiger partial charge in [0.25, 0.3) is 5.91 Å². The lowest BCUT2D eigenvalue weighted by Gasteiger charge is -2.56. The maximum atomic E-state index is 12.5. The van der Waals surface area contributed by atoms with Gasteiger partial charge >= 0.3 is 6.03 Å². The van der Waals surface area contributed by atoms with E-state index in [0.29, 0.717) is 6.04 Å². The molecule has 0 aliphatic heterocycles. The van der Waals surface area contributed by atoms with Crippen molar-refractivity contribution in [1.29, 1.82) is 0 Å². The quantitative estimate of drug-likeness (QED) is 0.672. The highest BCUT2D eigenvalue weighted by Crippen LogP contribution is 2.55. The van der Waals surface area contributed by atoms with E-state index >= 15 is 0 Å². The van der Waals surface area contributed by atoms with E-state index in [0.717, 1.165) is 37.0 Å². The van der Waals surface area contributed by atoms with E-state index in [4.69, 9.17) is 0 Å². The molecule has 0 radical (unpaired) electrons. The fraction of sp³-hybridized carbons (Fsp3) is 0.905. The van der Waals surface area contributed by atoms with Gasteiger partial charge in [0, 0.05) is 5.54 Å². The molecular formula is C21H36N3O2+. The van der Waals surface area contributed by atoms with Gasteiger partial charge in [-0.1, -0.05) is 12.8 Å². The number of rotatable bonds is 4. The van der Waals surface area contributed by atoms with Crippen LogP contribution in [0, 0.1) is 17.8 Å². The molecule has 0 spiro atoms. The largest absolute Gasteiger partial charge is 0.334 e. The summed E-state index contributed by atoms with van der Waals surface area (Å²) in [7, 11) is 0. The minimum Gasteiger partial charge on any atom is -0.334 e. The molecule has 5 saturated carbocycles. The zero-order valence-electron chi connectivity index (χ0n) is 16.3. The number of carbonyl (C=O) groups excluding carboxylic acids is 2. The Balaban J connectivity index is 1.27. The molecular weight excluding hydrogens is 326 g/mol. The molecule has 0 aromatic heterocycles. The average molecular weight is 363 g/mol. The summed E-state index contributed by atoms with van der Waals surface area (Å²) in [6.07, 6.45) is 15.0. The molecule has 146 valence electrons. The van der Waals surface area contributed by atoms with Crippen molar-refractivity contribution in [3.8, 4) is 0 Å². The second kappa shape index (κ2) is 7.49. The molecule has 0 unspecified atom stereocenters. The Kier molecular flexibility index (Phi) is 5.27. The van der Waals surface area contributed by atoms with Crippen molar-refractivity contribution < 1.29 is 14.9 Å². The molecule has 0 heterocycles. The molecule has 5 aliphatic rings. The predicted molar refractivity (Wildman–Crippen MR) is 100 cm³/mol. The molecule has 4 bridgehead atoms. The summed E-state index contributed by atoms with van der Waals surface area (Å²) in [4.78, 5) is 25.0. The summed E-state index contributed by atoms with van der Waals surface area (Å²) in [5, 5.41) is 8.06. The summed E-state index contributed by atoms with van der Waals surface area (Å²) >= 11 is 0. The maximum Gasteiger partial charge on any atom is 0.322 e. The number of amides is 3. The first-order chi connectivity index (χ1) is 12.5. The van der Waals surface area contributed by atoms with Crippen molar-refractivity contribution >= 4 is 11.9 Å². The minimum absolute atomic E-state index is 0.0344. The summed E-state index contributed by atoms with van der Waals surface area (Å²) in [6.45, 7) is 1.93. The summed E-state index contributed by atoms with van der Waals surface area (Å²) in [6, 6.07) is 0.0720. The molecule has 0 aromatic carbocycles. The highest BCUT2D eigenvalue weighted by Gasteiger charge is 2.51. The van der Waals surface area contributed by atoms with Crippen LogP contribution in [0.4, 0.5) is 4.79 Å². The standard InChI is InChI=1S/C21H35N3O2/c1-14(22-18-6-4-2-3-5-7-18)19(25)23-20(26)24-21-11-15-8-16(12-21)10-17(9-15)13-21/h14-18,22H,2-13H2,1H3,(H2,23,24,25,26)/p+1/t14-,15?,16?,17?,21?/m1/s1. The molecule has 5 fully saturated rings. The van der Waals surface area contributed by atoms with Gasteiger partial charge in [0.15, 0.2) is 6.04 Å². The maximum absolute atomic E-state index is 12.5. The van der Waals surface area contributed by atoms with Crippen LogP contribution in [-0.2, 0) is 4.79 Å². The Labute approximate surface area is 157 Å². The Bertz CT molecular complexity index is 504. The van der Waals surface area contributed by atoms with Crippen molar-refractivity contribution in [3.05, 3.63) is 0 Å². The number of carbonyl (C=O) groups is 2. The smallest absolute Gasteiger partial charge is 0.322 e. The SMILES string of the molecule is C[C@@H]([NH2+]C1CCCCCC1)C(=O)NC(=O)NC12CC3CC(CC(C3)C1)C2. The van der Waals surface area contributed by atoms with Crippen molar-refractivity contribution in [3.63, 3.8) is 0 Å². The van der Waals surface area contributed by atoms with Crippen LogP contribution in [0.5, 0.6) is 0 Å². The molecule has 5 nitrogen and oxygen atoms in total. The van der Waals surface area contributed by atoms with Crippen LogP contribution in [0.3, 0.4) is 0 Å². The number of imide groups is 1. The Morgan fingerprint density at radius 2 is 1.46 bits per heavy atom. The average Bonchev–Trinajstić information content (AvgIpc) is 2.81. The van der Waals surface area contributed by atoms with E-state index in [1.165, 1.54) is 57.8 Å². The van der Waals surface area contributed by atoms with Gasteiger partial charge in [-0.05, 0) is 88.9 Å². The van der Waals surface area contributed by atoms with Gasteiger partial charge in [-0.15, -0.1) is 0 Å². The highest BCUT2D eigenvalue weighted by molar-refractivity contribution is 5.96. The van der Waals surface area contributed by atoms with Crippen LogP contribution in [0.25, 0.3) is 0 Å². The molecule has 0 aromatic rings. The summed E-state index contributed by atoms with van der Waals surface area (Å²) < 4.78 is 0. The molecule has 26 heavy (non-hydrogen) atoms. The zero-order valence-corrected chi connectivity index (χ0v) is 16.3. The summed E-state index contributed by atoms with van der Waals surface area (Å²) in [5.41, 5.74) is -0.0344. The predicted octanol–water partition coefficient (Wildman–Crippen LogP) is 2.46. The van der Waals surface area contributed by atoms with Gasteiger partial charge in [-0.25, -0.2) is 4.79 Å². The first-order valence-corrected chi connectivity index (χ1v) is 11.0. The number of hydrogen-bond donors (Lipinski definition) is 3. The van der Waals surface area contributed by atoms with Gasteiger partial charge in [0.2, 0.25) is 0 Å². The van der Waals surface area contributed by atoms with Crippen molar-refractivity contribution in [1.82, 2.24) is 10.6 Å². The van der Waals surface area contributed by atoms with Crippen LogP contribution < -0.4 is 16.0 Å². The van der Waals surface area contributed by atoms with E-state index in [2.05, 4.69) is 16.0 Å². The second-order valence-corrected chi connectivity index (χ2v) is 9.87. The number of urea groups is 1. The molecule has 0 saturated heterocycles. The number of hydrogen-bond acceptors (Lipinski definition) is 2. The molecule has 5 aliphatic carbocycles. The van der Waals surface area contributed by atoms with Crippen LogP contribution in [0.1, 0.15) is 84.0 Å². The fourth-order valence-corrected chi connectivity index (χ4v) is 6.76. The van der Waals surface area contributed by atoms with Gasteiger partial charge in [0.1, 0.15) is 0 Å². The third-order valence-electron chi connectivity index (χ3n) is 7.53. The Morgan fingerprint density at radius 3 is 2.00 bits per heavy atom. The first kappa shape index (κ1) is 18.3.